The monoisotopic (exact) mass is 213 g/mol. The van der Waals surface area contributed by atoms with Gasteiger partial charge in [0.25, 0.3) is 0 Å². The summed E-state index contributed by atoms with van der Waals surface area (Å²) in [5.41, 5.74) is 5.57. The summed E-state index contributed by atoms with van der Waals surface area (Å²) in [4.78, 5) is 11.3. The molecule has 2 N–H and O–H groups in total. The van der Waals surface area contributed by atoms with E-state index in [1.165, 1.54) is 19.2 Å². The summed E-state index contributed by atoms with van der Waals surface area (Å²) < 4.78 is 22.6. The van der Waals surface area contributed by atoms with Gasteiger partial charge in [-0.3, -0.25) is 0 Å². The predicted molar refractivity (Wildman–Crippen MR) is 53.0 cm³/mol. The molecule has 0 atom stereocenters. The Kier molecular flexibility index (Phi) is 4.05. The van der Waals surface area contributed by atoms with Crippen LogP contribution < -0.4 is 5.73 Å². The highest BCUT2D eigenvalue weighted by Crippen LogP contribution is 2.12. The molecule has 0 saturated carbocycles. The fourth-order valence-electron chi connectivity index (χ4n) is 0.995. The quantitative estimate of drug-likeness (QED) is 0.464. The summed E-state index contributed by atoms with van der Waals surface area (Å²) in [7, 11) is 1.48. The summed E-state index contributed by atoms with van der Waals surface area (Å²) in [5.74, 6) is -1.39. The van der Waals surface area contributed by atoms with E-state index in [-0.39, 0.29) is 18.8 Å². The summed E-state index contributed by atoms with van der Waals surface area (Å²) in [5, 5.41) is 0. The zero-order valence-electron chi connectivity index (χ0n) is 8.33. The number of esters is 1. The lowest BCUT2D eigenvalue weighted by Gasteiger charge is -2.05. The third-order valence-corrected chi connectivity index (χ3v) is 1.73. The standard InChI is InChI=1S/C10H12FNO3/c1-14-4-5-15-10(13)8-6-7(12)2-3-9(8)11/h2-3,6H,4-5,12H2,1H3. The molecule has 0 saturated heterocycles. The lowest BCUT2D eigenvalue weighted by atomic mass is 10.2. The van der Waals surface area contributed by atoms with Crippen LogP contribution in [0, 0.1) is 5.82 Å². The highest BCUT2D eigenvalue weighted by Gasteiger charge is 2.12. The number of nitrogen functional groups attached to an aromatic ring is 1. The van der Waals surface area contributed by atoms with Crippen LogP contribution in [0.3, 0.4) is 0 Å². The topological polar surface area (TPSA) is 61.5 Å². The van der Waals surface area contributed by atoms with Gasteiger partial charge >= 0.3 is 5.97 Å². The fourth-order valence-corrected chi connectivity index (χ4v) is 0.995. The highest BCUT2D eigenvalue weighted by molar-refractivity contribution is 5.90. The first-order valence-corrected chi connectivity index (χ1v) is 4.36. The Labute approximate surface area is 86.8 Å². The molecule has 1 aromatic rings. The lowest BCUT2D eigenvalue weighted by molar-refractivity contribution is 0.0383. The molecular weight excluding hydrogens is 201 g/mol. The van der Waals surface area contributed by atoms with E-state index in [4.69, 9.17) is 10.5 Å². The first kappa shape index (κ1) is 11.5. The molecular formula is C10H12FNO3. The molecule has 0 fully saturated rings. The Balaban J connectivity index is 2.68. The van der Waals surface area contributed by atoms with Gasteiger partial charge in [-0.05, 0) is 18.2 Å². The molecule has 0 heterocycles. The second-order valence-corrected chi connectivity index (χ2v) is 2.87. The number of hydrogen-bond donors (Lipinski definition) is 1. The number of ether oxygens (including phenoxy) is 2. The second-order valence-electron chi connectivity index (χ2n) is 2.87. The molecule has 82 valence electrons. The molecule has 0 unspecified atom stereocenters. The van der Waals surface area contributed by atoms with Crippen LogP contribution in [0.15, 0.2) is 18.2 Å². The number of halogens is 1. The van der Waals surface area contributed by atoms with Gasteiger partial charge in [0.05, 0.1) is 12.2 Å². The summed E-state index contributed by atoms with van der Waals surface area (Å²) in [6.07, 6.45) is 0. The van der Waals surface area contributed by atoms with Crippen LogP contribution in [0.4, 0.5) is 10.1 Å². The molecule has 0 spiro atoms. The molecule has 0 aliphatic carbocycles. The number of nitrogens with two attached hydrogens (primary N) is 1. The van der Waals surface area contributed by atoms with Crippen molar-refractivity contribution in [1.82, 2.24) is 0 Å². The molecule has 0 aliphatic heterocycles. The molecule has 1 aromatic carbocycles. The van der Waals surface area contributed by atoms with Crippen molar-refractivity contribution in [3.63, 3.8) is 0 Å². The maximum atomic E-state index is 13.1. The minimum atomic E-state index is -0.739. The SMILES string of the molecule is COCCOC(=O)c1cc(N)ccc1F. The smallest absolute Gasteiger partial charge is 0.341 e. The zero-order valence-corrected chi connectivity index (χ0v) is 8.33. The Bertz CT molecular complexity index is 355. The van der Waals surface area contributed by atoms with E-state index in [1.807, 2.05) is 0 Å². The van der Waals surface area contributed by atoms with Crippen LogP contribution in [0.5, 0.6) is 0 Å². The number of methoxy groups -OCH3 is 1. The third-order valence-electron chi connectivity index (χ3n) is 1.73. The number of carbonyl (C=O) groups is 1. The van der Waals surface area contributed by atoms with Gasteiger partial charge in [-0.1, -0.05) is 0 Å². The minimum Gasteiger partial charge on any atom is -0.460 e. The summed E-state index contributed by atoms with van der Waals surface area (Å²) in [6, 6.07) is 3.74. The average molecular weight is 213 g/mol. The summed E-state index contributed by atoms with van der Waals surface area (Å²) in [6.45, 7) is 0.360. The number of anilines is 1. The molecule has 4 nitrogen and oxygen atoms in total. The van der Waals surface area contributed by atoms with Crippen molar-refractivity contribution < 1.29 is 18.7 Å². The van der Waals surface area contributed by atoms with Crippen molar-refractivity contribution in [3.05, 3.63) is 29.6 Å². The van der Waals surface area contributed by atoms with E-state index >= 15 is 0 Å². The van der Waals surface area contributed by atoms with Crippen LogP contribution in [-0.4, -0.2) is 26.3 Å². The van der Waals surface area contributed by atoms with Gasteiger partial charge in [0.2, 0.25) is 0 Å². The summed E-state index contributed by atoms with van der Waals surface area (Å²) >= 11 is 0. The van der Waals surface area contributed by atoms with Crippen LogP contribution in [0.2, 0.25) is 0 Å². The highest BCUT2D eigenvalue weighted by atomic mass is 19.1. The Morgan fingerprint density at radius 2 is 2.20 bits per heavy atom. The van der Waals surface area contributed by atoms with Crippen molar-refractivity contribution in [2.24, 2.45) is 0 Å². The number of rotatable bonds is 4. The maximum Gasteiger partial charge on any atom is 0.341 e. The predicted octanol–water partition coefficient (Wildman–Crippen LogP) is 1.21. The Morgan fingerprint density at radius 3 is 2.87 bits per heavy atom. The van der Waals surface area contributed by atoms with Gasteiger partial charge in [0.1, 0.15) is 12.4 Å². The lowest BCUT2D eigenvalue weighted by Crippen LogP contribution is -2.11. The normalized spacial score (nSPS) is 10.0. The molecule has 5 heteroatoms. The van der Waals surface area contributed by atoms with E-state index in [0.717, 1.165) is 6.07 Å². The van der Waals surface area contributed by atoms with Crippen molar-refractivity contribution in [2.45, 2.75) is 0 Å². The van der Waals surface area contributed by atoms with Gasteiger partial charge in [-0.25, -0.2) is 9.18 Å². The van der Waals surface area contributed by atoms with E-state index < -0.39 is 11.8 Å². The van der Waals surface area contributed by atoms with Crippen molar-refractivity contribution in [2.75, 3.05) is 26.1 Å². The third kappa shape index (κ3) is 3.21. The number of carbonyl (C=O) groups excluding carboxylic acids is 1. The van der Waals surface area contributed by atoms with Crippen LogP contribution in [0.25, 0.3) is 0 Å². The molecule has 0 amide bonds. The van der Waals surface area contributed by atoms with Crippen LogP contribution in [0.1, 0.15) is 10.4 Å². The van der Waals surface area contributed by atoms with E-state index in [9.17, 15) is 9.18 Å². The first-order chi connectivity index (χ1) is 7.15. The van der Waals surface area contributed by atoms with Crippen molar-refractivity contribution >= 4 is 11.7 Å². The van der Waals surface area contributed by atoms with E-state index in [0.29, 0.717) is 5.69 Å². The number of hydrogen-bond acceptors (Lipinski definition) is 4. The van der Waals surface area contributed by atoms with Crippen molar-refractivity contribution in [3.8, 4) is 0 Å². The Morgan fingerprint density at radius 1 is 1.47 bits per heavy atom. The van der Waals surface area contributed by atoms with Gasteiger partial charge < -0.3 is 15.2 Å². The number of benzene rings is 1. The largest absolute Gasteiger partial charge is 0.460 e. The second kappa shape index (κ2) is 5.31. The van der Waals surface area contributed by atoms with E-state index in [1.54, 1.807) is 0 Å². The van der Waals surface area contributed by atoms with Gasteiger partial charge in [-0.2, -0.15) is 0 Å². The average Bonchev–Trinajstić information content (AvgIpc) is 2.22. The fraction of sp³-hybridized carbons (Fsp3) is 0.300. The van der Waals surface area contributed by atoms with Crippen molar-refractivity contribution in [1.29, 1.82) is 0 Å². The molecule has 15 heavy (non-hydrogen) atoms. The zero-order chi connectivity index (χ0) is 11.3. The minimum absolute atomic E-state index is 0.0869. The van der Waals surface area contributed by atoms with Gasteiger partial charge in [0, 0.05) is 12.8 Å². The van der Waals surface area contributed by atoms with Crippen LogP contribution >= 0.6 is 0 Å². The molecule has 0 bridgehead atoms. The first-order valence-electron chi connectivity index (χ1n) is 4.36. The van der Waals surface area contributed by atoms with E-state index in [2.05, 4.69) is 4.74 Å². The van der Waals surface area contributed by atoms with Gasteiger partial charge in [0.15, 0.2) is 0 Å². The van der Waals surface area contributed by atoms with Gasteiger partial charge in [-0.15, -0.1) is 0 Å². The Hall–Kier alpha value is -1.62. The molecule has 0 radical (unpaired) electrons. The molecule has 0 aromatic heterocycles. The molecule has 1 rings (SSSR count). The maximum absolute atomic E-state index is 13.1. The van der Waals surface area contributed by atoms with Crippen LogP contribution in [-0.2, 0) is 9.47 Å². The molecule has 0 aliphatic rings.